The summed E-state index contributed by atoms with van der Waals surface area (Å²) in [7, 11) is 0. The Morgan fingerprint density at radius 1 is 1.08 bits per heavy atom. The van der Waals surface area contributed by atoms with Gasteiger partial charge in [-0.15, -0.1) is 0 Å². The lowest BCUT2D eigenvalue weighted by Crippen LogP contribution is -2.15. The van der Waals surface area contributed by atoms with Crippen molar-refractivity contribution in [3.05, 3.63) is 83.9 Å². The minimum atomic E-state index is -0.404. The number of carbonyl (C=O) groups is 2. The van der Waals surface area contributed by atoms with Crippen LogP contribution in [0.5, 0.6) is 5.75 Å². The van der Waals surface area contributed by atoms with E-state index in [0.717, 1.165) is 17.4 Å². The van der Waals surface area contributed by atoms with E-state index in [4.69, 9.17) is 4.74 Å². The maximum Gasteiger partial charge on any atom is 0.278 e. The third-order valence-electron chi connectivity index (χ3n) is 3.59. The lowest BCUT2D eigenvalue weighted by molar-refractivity contribution is -0.107. The summed E-state index contributed by atoms with van der Waals surface area (Å²) in [4.78, 5) is 31.3. The van der Waals surface area contributed by atoms with Crippen LogP contribution in [0.15, 0.2) is 67.1 Å². The quantitative estimate of drug-likeness (QED) is 0.664. The molecule has 2 aromatic heterocycles. The topological polar surface area (TPSA) is 81.2 Å². The first-order valence-electron chi connectivity index (χ1n) is 8.07. The second kappa shape index (κ2) is 8.53. The number of aromatic nitrogens is 2. The molecule has 0 atom stereocenters. The molecule has 2 heterocycles. The third-order valence-corrected chi connectivity index (χ3v) is 3.59. The van der Waals surface area contributed by atoms with Crippen molar-refractivity contribution in [3.63, 3.8) is 0 Å². The van der Waals surface area contributed by atoms with Crippen LogP contribution in [0.3, 0.4) is 0 Å². The maximum absolute atomic E-state index is 12.6. The van der Waals surface area contributed by atoms with Gasteiger partial charge in [-0.05, 0) is 29.3 Å². The first-order chi connectivity index (χ1) is 12.8. The molecule has 0 aliphatic heterocycles. The molecule has 130 valence electrons. The summed E-state index contributed by atoms with van der Waals surface area (Å²) in [5.74, 6) is -0.00965. The maximum atomic E-state index is 12.6. The smallest absolute Gasteiger partial charge is 0.278 e. The zero-order valence-electron chi connectivity index (χ0n) is 14.0. The van der Waals surface area contributed by atoms with Crippen LogP contribution < -0.4 is 10.1 Å². The molecular weight excluding hydrogens is 330 g/mol. The van der Waals surface area contributed by atoms with Gasteiger partial charge < -0.3 is 14.8 Å². The largest absolute Gasteiger partial charge is 0.486 e. The van der Waals surface area contributed by atoms with Crippen LogP contribution >= 0.6 is 0 Å². The number of ether oxygens (including phenoxy) is 1. The molecule has 3 aromatic rings. The van der Waals surface area contributed by atoms with E-state index in [9.17, 15) is 9.59 Å². The number of carbonyl (C=O) groups excluding carboxylic acids is 2. The monoisotopic (exact) mass is 347 g/mol. The Kier molecular flexibility index (Phi) is 5.67. The van der Waals surface area contributed by atoms with E-state index in [1.54, 1.807) is 24.4 Å². The van der Waals surface area contributed by atoms with E-state index < -0.39 is 5.91 Å². The van der Waals surface area contributed by atoms with Gasteiger partial charge in [-0.2, -0.15) is 0 Å². The van der Waals surface area contributed by atoms with Gasteiger partial charge in [0.1, 0.15) is 12.9 Å². The second-order valence-electron chi connectivity index (χ2n) is 5.53. The number of pyridine rings is 2. The van der Waals surface area contributed by atoms with Crippen LogP contribution in [0.1, 0.15) is 21.6 Å². The van der Waals surface area contributed by atoms with Crippen LogP contribution in [-0.4, -0.2) is 22.2 Å². The molecular formula is C20H17N3O3. The molecule has 1 aromatic carbocycles. The van der Waals surface area contributed by atoms with Gasteiger partial charge in [-0.1, -0.05) is 30.3 Å². The van der Waals surface area contributed by atoms with Gasteiger partial charge in [-0.25, -0.2) is 4.98 Å². The summed E-state index contributed by atoms with van der Waals surface area (Å²) in [6, 6.07) is 14.8. The fraction of sp³-hybridized carbons (Fsp3) is 0.100. The van der Waals surface area contributed by atoms with Crippen molar-refractivity contribution in [2.45, 2.75) is 13.0 Å². The molecule has 1 N–H and O–H groups in total. The number of nitrogens with zero attached hydrogens (tertiary/aromatic N) is 2. The van der Waals surface area contributed by atoms with Gasteiger partial charge in [0.25, 0.3) is 5.91 Å². The molecule has 0 bridgehead atoms. The number of amides is 1. The molecule has 0 unspecified atom stereocenters. The number of hydrogen-bond acceptors (Lipinski definition) is 5. The number of nitrogens with one attached hydrogen (secondary N) is 1. The van der Waals surface area contributed by atoms with Gasteiger partial charge in [0.05, 0.1) is 11.9 Å². The predicted octanol–water partition coefficient (Wildman–Crippen LogP) is 3.05. The van der Waals surface area contributed by atoms with Gasteiger partial charge in [0.2, 0.25) is 0 Å². The minimum absolute atomic E-state index is 0.184. The summed E-state index contributed by atoms with van der Waals surface area (Å²) >= 11 is 0. The summed E-state index contributed by atoms with van der Waals surface area (Å²) in [6.07, 6.45) is 5.66. The van der Waals surface area contributed by atoms with E-state index in [-0.39, 0.29) is 12.1 Å². The highest BCUT2D eigenvalue weighted by Gasteiger charge is 2.15. The summed E-state index contributed by atoms with van der Waals surface area (Å²) < 4.78 is 5.76. The van der Waals surface area contributed by atoms with Crippen LogP contribution in [0.4, 0.5) is 5.69 Å². The molecule has 26 heavy (non-hydrogen) atoms. The van der Waals surface area contributed by atoms with Crippen LogP contribution in [0.2, 0.25) is 0 Å². The highest BCUT2D eigenvalue weighted by Crippen LogP contribution is 2.19. The Hall–Kier alpha value is -3.54. The van der Waals surface area contributed by atoms with Gasteiger partial charge in [-0.3, -0.25) is 9.78 Å². The molecule has 3 rings (SSSR count). The molecule has 0 saturated carbocycles. The Balaban J connectivity index is 1.73. The zero-order chi connectivity index (χ0) is 18.2. The van der Waals surface area contributed by atoms with Gasteiger partial charge in [0, 0.05) is 18.8 Å². The highest BCUT2D eigenvalue weighted by molar-refractivity contribution is 6.04. The summed E-state index contributed by atoms with van der Waals surface area (Å²) in [5, 5.41) is 2.74. The third kappa shape index (κ3) is 4.51. The van der Waals surface area contributed by atoms with Crippen molar-refractivity contribution in [2.75, 3.05) is 5.32 Å². The van der Waals surface area contributed by atoms with Crippen molar-refractivity contribution in [1.82, 2.24) is 9.97 Å². The molecule has 0 radical (unpaired) electrons. The summed E-state index contributed by atoms with van der Waals surface area (Å²) in [5.41, 5.74) is 2.39. The molecule has 6 nitrogen and oxygen atoms in total. The Morgan fingerprint density at radius 3 is 2.73 bits per heavy atom. The molecule has 0 saturated heterocycles. The van der Waals surface area contributed by atoms with Gasteiger partial charge >= 0.3 is 0 Å². The number of hydrogen-bond donors (Lipinski definition) is 1. The Bertz CT molecular complexity index is 898. The van der Waals surface area contributed by atoms with Gasteiger partial charge in [0.15, 0.2) is 11.4 Å². The SMILES string of the molecule is O=CCc1cncc(NC(=O)c2ncccc2OCc2ccccc2)c1. The normalized spacial score (nSPS) is 10.2. The van der Waals surface area contributed by atoms with Crippen molar-refractivity contribution < 1.29 is 14.3 Å². The molecule has 1 amide bonds. The average Bonchev–Trinajstić information content (AvgIpc) is 2.68. The molecule has 0 aliphatic rings. The standard InChI is InChI=1S/C20H17N3O3/c24-10-8-16-11-17(13-21-12-16)23-20(25)19-18(7-4-9-22-19)26-14-15-5-2-1-3-6-15/h1-7,9-13H,8,14H2,(H,23,25). The number of benzene rings is 1. The van der Waals surface area contributed by atoms with Crippen LogP contribution in [0, 0.1) is 0 Å². The first-order valence-corrected chi connectivity index (χ1v) is 8.07. The number of aldehydes is 1. The lowest BCUT2D eigenvalue weighted by Gasteiger charge is -2.11. The Labute approximate surface area is 150 Å². The van der Waals surface area contributed by atoms with E-state index >= 15 is 0 Å². The van der Waals surface area contributed by atoms with E-state index in [1.807, 2.05) is 30.3 Å². The van der Waals surface area contributed by atoms with Crippen LogP contribution in [-0.2, 0) is 17.8 Å². The van der Waals surface area contributed by atoms with E-state index in [0.29, 0.717) is 18.0 Å². The molecule has 0 aliphatic carbocycles. The Morgan fingerprint density at radius 2 is 1.92 bits per heavy atom. The lowest BCUT2D eigenvalue weighted by atomic mass is 10.2. The van der Waals surface area contributed by atoms with Crippen molar-refractivity contribution in [1.29, 1.82) is 0 Å². The predicted molar refractivity (Wildman–Crippen MR) is 97.0 cm³/mol. The number of anilines is 1. The molecule has 6 heteroatoms. The minimum Gasteiger partial charge on any atom is -0.486 e. The second-order valence-corrected chi connectivity index (χ2v) is 5.53. The van der Waals surface area contributed by atoms with Crippen molar-refractivity contribution >= 4 is 17.9 Å². The average molecular weight is 347 g/mol. The van der Waals surface area contributed by atoms with Crippen molar-refractivity contribution in [3.8, 4) is 5.75 Å². The van der Waals surface area contributed by atoms with Crippen molar-refractivity contribution in [2.24, 2.45) is 0 Å². The van der Waals surface area contributed by atoms with E-state index in [1.165, 1.54) is 12.4 Å². The molecule has 0 spiro atoms. The van der Waals surface area contributed by atoms with E-state index in [2.05, 4.69) is 15.3 Å². The highest BCUT2D eigenvalue weighted by atomic mass is 16.5. The fourth-order valence-corrected chi connectivity index (χ4v) is 2.37. The molecule has 0 fully saturated rings. The first kappa shape index (κ1) is 17.3. The zero-order valence-corrected chi connectivity index (χ0v) is 14.0. The van der Waals surface area contributed by atoms with Crippen LogP contribution in [0.25, 0.3) is 0 Å². The number of rotatable bonds is 7. The summed E-state index contributed by atoms with van der Waals surface area (Å²) in [6.45, 7) is 0.336. The fourth-order valence-electron chi connectivity index (χ4n) is 2.37.